The number of hydrogen-bond donors (Lipinski definition) is 2. The molecule has 2 N–H and O–H groups in total. The number of para-hydroxylation sites is 1. The zero-order chi connectivity index (χ0) is 25.8. The second kappa shape index (κ2) is 11.0. The maximum atomic E-state index is 12.7. The SMILES string of the molecule is COCc1nc(NC2CCC(NC(=O)c3cccc(OC)c3)CC2)c2c(C)nn(-c3ccccc3)c2n1. The maximum absolute atomic E-state index is 12.7. The van der Waals surface area contributed by atoms with Crippen LogP contribution in [-0.2, 0) is 11.3 Å². The highest BCUT2D eigenvalue weighted by Crippen LogP contribution is 2.29. The van der Waals surface area contributed by atoms with Gasteiger partial charge in [-0.25, -0.2) is 14.6 Å². The summed E-state index contributed by atoms with van der Waals surface area (Å²) in [6.07, 6.45) is 3.60. The van der Waals surface area contributed by atoms with Gasteiger partial charge in [0.05, 0.1) is 23.9 Å². The van der Waals surface area contributed by atoms with Crippen molar-refractivity contribution in [3.63, 3.8) is 0 Å². The lowest BCUT2D eigenvalue weighted by molar-refractivity contribution is 0.0926. The van der Waals surface area contributed by atoms with Gasteiger partial charge in [0.25, 0.3) is 5.91 Å². The molecule has 5 rings (SSSR count). The third-order valence-corrected chi connectivity index (χ3v) is 6.76. The Labute approximate surface area is 216 Å². The van der Waals surface area contributed by atoms with Crippen LogP contribution in [0, 0.1) is 6.92 Å². The van der Waals surface area contributed by atoms with E-state index in [0.717, 1.165) is 53.9 Å². The lowest BCUT2D eigenvalue weighted by atomic mass is 9.91. The van der Waals surface area contributed by atoms with Crippen molar-refractivity contribution in [3.05, 3.63) is 71.7 Å². The molecule has 0 radical (unpaired) electrons. The number of carbonyl (C=O) groups excluding carboxylic acids is 1. The van der Waals surface area contributed by atoms with E-state index in [4.69, 9.17) is 24.5 Å². The third-order valence-electron chi connectivity index (χ3n) is 6.76. The number of nitrogens with one attached hydrogen (secondary N) is 2. The summed E-state index contributed by atoms with van der Waals surface area (Å²) in [6.45, 7) is 2.30. The van der Waals surface area contributed by atoms with E-state index in [1.165, 1.54) is 0 Å². The number of fused-ring (bicyclic) bond motifs is 1. The molecule has 0 bridgehead atoms. The fourth-order valence-corrected chi connectivity index (χ4v) is 4.88. The second-order valence-corrected chi connectivity index (χ2v) is 9.35. The molecule has 4 aromatic rings. The Morgan fingerprint density at radius 2 is 1.76 bits per heavy atom. The van der Waals surface area contributed by atoms with E-state index in [0.29, 0.717) is 23.7 Å². The van der Waals surface area contributed by atoms with Gasteiger partial charge >= 0.3 is 0 Å². The number of anilines is 1. The van der Waals surface area contributed by atoms with Crippen LogP contribution in [0.5, 0.6) is 5.75 Å². The second-order valence-electron chi connectivity index (χ2n) is 9.35. The Kier molecular flexibility index (Phi) is 7.32. The number of ether oxygens (including phenoxy) is 2. The lowest BCUT2D eigenvalue weighted by Crippen LogP contribution is -2.40. The molecular weight excluding hydrogens is 468 g/mol. The zero-order valence-electron chi connectivity index (χ0n) is 21.4. The van der Waals surface area contributed by atoms with E-state index in [1.807, 2.05) is 54.1 Å². The van der Waals surface area contributed by atoms with E-state index < -0.39 is 0 Å². The summed E-state index contributed by atoms with van der Waals surface area (Å²) in [5, 5.41) is 12.5. The van der Waals surface area contributed by atoms with Crippen LogP contribution in [0.25, 0.3) is 16.7 Å². The molecule has 37 heavy (non-hydrogen) atoms. The molecule has 0 unspecified atom stereocenters. The lowest BCUT2D eigenvalue weighted by Gasteiger charge is -2.30. The van der Waals surface area contributed by atoms with Crippen LogP contribution < -0.4 is 15.4 Å². The molecule has 9 nitrogen and oxygen atoms in total. The monoisotopic (exact) mass is 500 g/mol. The zero-order valence-corrected chi connectivity index (χ0v) is 21.4. The third kappa shape index (κ3) is 5.41. The maximum Gasteiger partial charge on any atom is 0.251 e. The number of hydrogen-bond acceptors (Lipinski definition) is 7. The molecule has 2 aromatic heterocycles. The van der Waals surface area contributed by atoms with Gasteiger partial charge < -0.3 is 20.1 Å². The first kappa shape index (κ1) is 24.7. The first-order chi connectivity index (χ1) is 18.1. The summed E-state index contributed by atoms with van der Waals surface area (Å²) in [5.41, 5.74) is 3.18. The fourth-order valence-electron chi connectivity index (χ4n) is 4.88. The number of benzene rings is 2. The molecule has 192 valence electrons. The van der Waals surface area contributed by atoms with Gasteiger partial charge in [0.15, 0.2) is 11.5 Å². The van der Waals surface area contributed by atoms with Crippen molar-refractivity contribution in [2.75, 3.05) is 19.5 Å². The van der Waals surface area contributed by atoms with Crippen LogP contribution in [0.3, 0.4) is 0 Å². The van der Waals surface area contributed by atoms with Gasteiger partial charge in [-0.2, -0.15) is 5.10 Å². The molecule has 0 spiro atoms. The molecule has 1 aliphatic carbocycles. The smallest absolute Gasteiger partial charge is 0.251 e. The molecule has 1 amide bonds. The van der Waals surface area contributed by atoms with Crippen molar-refractivity contribution in [2.24, 2.45) is 0 Å². The van der Waals surface area contributed by atoms with Crippen molar-refractivity contribution < 1.29 is 14.3 Å². The van der Waals surface area contributed by atoms with Crippen molar-refractivity contribution >= 4 is 22.8 Å². The number of amides is 1. The number of rotatable bonds is 8. The topological polar surface area (TPSA) is 103 Å². The highest BCUT2D eigenvalue weighted by atomic mass is 16.5. The number of aryl methyl sites for hydroxylation is 1. The molecule has 0 atom stereocenters. The van der Waals surface area contributed by atoms with Gasteiger partial charge in [-0.15, -0.1) is 0 Å². The number of carbonyl (C=O) groups is 1. The Morgan fingerprint density at radius 3 is 2.49 bits per heavy atom. The van der Waals surface area contributed by atoms with Gasteiger partial charge in [-0.1, -0.05) is 24.3 Å². The molecule has 2 heterocycles. The number of aromatic nitrogens is 4. The first-order valence-electron chi connectivity index (χ1n) is 12.6. The van der Waals surface area contributed by atoms with Gasteiger partial charge in [0.1, 0.15) is 18.2 Å². The largest absolute Gasteiger partial charge is 0.497 e. The van der Waals surface area contributed by atoms with E-state index in [2.05, 4.69) is 10.6 Å². The average molecular weight is 501 g/mol. The van der Waals surface area contributed by atoms with Crippen LogP contribution in [0.2, 0.25) is 0 Å². The summed E-state index contributed by atoms with van der Waals surface area (Å²) in [5.74, 6) is 1.99. The summed E-state index contributed by atoms with van der Waals surface area (Å²) in [6, 6.07) is 17.6. The molecule has 1 fully saturated rings. The van der Waals surface area contributed by atoms with E-state index in [9.17, 15) is 4.79 Å². The van der Waals surface area contributed by atoms with Gasteiger partial charge in [0, 0.05) is 24.8 Å². The van der Waals surface area contributed by atoms with Crippen molar-refractivity contribution in [2.45, 2.75) is 51.3 Å². The summed E-state index contributed by atoms with van der Waals surface area (Å²) in [7, 11) is 3.24. The highest BCUT2D eigenvalue weighted by molar-refractivity contribution is 5.94. The van der Waals surface area contributed by atoms with Crippen LogP contribution >= 0.6 is 0 Å². The van der Waals surface area contributed by atoms with Crippen LogP contribution in [-0.4, -0.2) is 52.0 Å². The summed E-state index contributed by atoms with van der Waals surface area (Å²) < 4.78 is 12.5. The summed E-state index contributed by atoms with van der Waals surface area (Å²) >= 11 is 0. The van der Waals surface area contributed by atoms with Crippen LogP contribution in [0.1, 0.15) is 47.6 Å². The number of methoxy groups -OCH3 is 2. The summed E-state index contributed by atoms with van der Waals surface area (Å²) in [4.78, 5) is 22.3. The molecule has 0 aliphatic heterocycles. The average Bonchev–Trinajstić information content (AvgIpc) is 3.27. The van der Waals surface area contributed by atoms with Gasteiger partial charge in [0.2, 0.25) is 0 Å². The quantitative estimate of drug-likeness (QED) is 0.369. The van der Waals surface area contributed by atoms with Crippen molar-refractivity contribution in [1.82, 2.24) is 25.1 Å². The van der Waals surface area contributed by atoms with Crippen LogP contribution in [0.15, 0.2) is 54.6 Å². The minimum absolute atomic E-state index is 0.0685. The standard InChI is InChI=1S/C28H32N6O3/c1-18-25-26(31-24(17-36-2)32-27(25)34(33-18)22-9-5-4-6-10-22)29-20-12-14-21(15-13-20)30-28(35)19-8-7-11-23(16-19)37-3/h4-11,16,20-21H,12-15,17H2,1-3H3,(H,30,35)(H,29,31,32). The van der Waals surface area contributed by atoms with Crippen molar-refractivity contribution in [3.8, 4) is 11.4 Å². The molecule has 0 saturated heterocycles. The normalized spacial score (nSPS) is 17.5. The Balaban J connectivity index is 1.31. The number of nitrogens with zero attached hydrogens (tertiary/aromatic N) is 4. The minimum Gasteiger partial charge on any atom is -0.497 e. The molecule has 1 saturated carbocycles. The van der Waals surface area contributed by atoms with Gasteiger partial charge in [-0.05, 0) is 62.9 Å². The Hall–Kier alpha value is -3.98. The van der Waals surface area contributed by atoms with Crippen LogP contribution in [0.4, 0.5) is 5.82 Å². The van der Waals surface area contributed by atoms with E-state index in [1.54, 1.807) is 26.4 Å². The molecule has 9 heteroatoms. The van der Waals surface area contributed by atoms with Gasteiger partial charge in [-0.3, -0.25) is 4.79 Å². The Bertz CT molecular complexity index is 1380. The first-order valence-corrected chi connectivity index (χ1v) is 12.6. The molecular formula is C28H32N6O3. The molecule has 2 aromatic carbocycles. The predicted molar refractivity (Wildman–Crippen MR) is 142 cm³/mol. The fraction of sp³-hybridized carbons (Fsp3) is 0.357. The van der Waals surface area contributed by atoms with E-state index >= 15 is 0 Å². The van der Waals surface area contributed by atoms with Crippen molar-refractivity contribution in [1.29, 1.82) is 0 Å². The molecule has 1 aliphatic rings. The predicted octanol–water partition coefficient (Wildman–Crippen LogP) is 4.43. The minimum atomic E-state index is -0.0685. The van der Waals surface area contributed by atoms with E-state index in [-0.39, 0.29) is 18.0 Å². The highest BCUT2D eigenvalue weighted by Gasteiger charge is 2.25. The Morgan fingerprint density at radius 1 is 1.00 bits per heavy atom.